The zero-order valence-corrected chi connectivity index (χ0v) is 15.0. The van der Waals surface area contributed by atoms with Crippen LogP contribution >= 0.6 is 15.9 Å². The molecule has 1 aromatic carbocycles. The number of hydrogen-bond acceptors (Lipinski definition) is 2. The van der Waals surface area contributed by atoms with E-state index in [0.717, 1.165) is 31.2 Å². The average molecular weight is 372 g/mol. The van der Waals surface area contributed by atoms with Crippen LogP contribution in [0, 0.1) is 5.82 Å². The number of benzene rings is 1. The van der Waals surface area contributed by atoms with E-state index in [0.29, 0.717) is 11.0 Å². The number of halogens is 2. The minimum atomic E-state index is -0.517. The molecule has 0 unspecified atom stereocenters. The van der Waals surface area contributed by atoms with Gasteiger partial charge >= 0.3 is 6.09 Å². The molecule has 5 heteroatoms. The summed E-state index contributed by atoms with van der Waals surface area (Å²) in [6.45, 7) is 6.04. The van der Waals surface area contributed by atoms with Crippen molar-refractivity contribution in [3.05, 3.63) is 34.1 Å². The first-order chi connectivity index (χ1) is 10.3. The number of carbonyl (C=O) groups excluding carboxylic acids is 1. The summed E-state index contributed by atoms with van der Waals surface area (Å²) < 4.78 is 19.3. The van der Waals surface area contributed by atoms with Gasteiger partial charge in [0.05, 0.1) is 4.47 Å². The Labute approximate surface area is 140 Å². The molecule has 1 aliphatic carbocycles. The molecule has 1 aromatic rings. The first-order valence-corrected chi connectivity index (χ1v) is 8.49. The molecule has 0 heterocycles. The minimum Gasteiger partial charge on any atom is -0.444 e. The highest BCUT2D eigenvalue weighted by molar-refractivity contribution is 9.10. The molecule has 1 saturated carbocycles. The van der Waals surface area contributed by atoms with E-state index in [1.807, 2.05) is 20.8 Å². The molecule has 22 heavy (non-hydrogen) atoms. The molecule has 0 bridgehead atoms. The molecule has 122 valence electrons. The Kier molecular flexibility index (Phi) is 5.48. The molecule has 0 radical (unpaired) electrons. The molecule has 3 nitrogen and oxygen atoms in total. The van der Waals surface area contributed by atoms with Crippen LogP contribution in [0.1, 0.15) is 52.0 Å². The van der Waals surface area contributed by atoms with Gasteiger partial charge in [0.25, 0.3) is 0 Å². The van der Waals surface area contributed by atoms with E-state index in [1.165, 1.54) is 6.07 Å². The van der Waals surface area contributed by atoms with Crippen molar-refractivity contribution < 1.29 is 13.9 Å². The van der Waals surface area contributed by atoms with Gasteiger partial charge in [-0.1, -0.05) is 18.9 Å². The maximum atomic E-state index is 13.4. The van der Waals surface area contributed by atoms with Gasteiger partial charge in [-0.25, -0.2) is 9.18 Å². The van der Waals surface area contributed by atoms with Gasteiger partial charge in [0.15, 0.2) is 0 Å². The molecule has 0 aromatic heterocycles. The SMILES string of the molecule is CC(C)(C)OC(=O)N(Cc1ccc(F)c(Br)c1)C1CCCC1. The lowest BCUT2D eigenvalue weighted by Gasteiger charge is -2.31. The molecule has 0 aliphatic heterocycles. The molecule has 0 N–H and O–H groups in total. The van der Waals surface area contributed by atoms with Crippen LogP contribution in [0.15, 0.2) is 22.7 Å². The number of ether oxygens (including phenoxy) is 1. The topological polar surface area (TPSA) is 29.5 Å². The Morgan fingerprint density at radius 2 is 2.00 bits per heavy atom. The maximum Gasteiger partial charge on any atom is 0.410 e. The normalized spacial score (nSPS) is 15.9. The van der Waals surface area contributed by atoms with Crippen molar-refractivity contribution in [3.8, 4) is 0 Å². The molecule has 0 atom stereocenters. The van der Waals surface area contributed by atoms with Crippen LogP contribution in [0.3, 0.4) is 0 Å². The van der Waals surface area contributed by atoms with Gasteiger partial charge in [-0.3, -0.25) is 0 Å². The second kappa shape index (κ2) is 6.99. The third-order valence-corrected chi connectivity index (χ3v) is 4.34. The van der Waals surface area contributed by atoms with Gasteiger partial charge in [-0.15, -0.1) is 0 Å². The highest BCUT2D eigenvalue weighted by Crippen LogP contribution is 2.27. The van der Waals surface area contributed by atoms with Gasteiger partial charge in [0.2, 0.25) is 0 Å². The fraction of sp³-hybridized carbons (Fsp3) is 0.588. The standard InChI is InChI=1S/C17H23BrFNO2/c1-17(2,3)22-16(21)20(13-6-4-5-7-13)11-12-8-9-15(19)14(18)10-12/h8-10,13H,4-7,11H2,1-3H3. The number of rotatable bonds is 3. The fourth-order valence-electron chi connectivity index (χ4n) is 2.71. The molecule has 0 saturated heterocycles. The molecule has 1 aliphatic rings. The van der Waals surface area contributed by atoms with Crippen LogP contribution in [0.5, 0.6) is 0 Å². The van der Waals surface area contributed by atoms with Crippen LogP contribution in [-0.2, 0) is 11.3 Å². The Bertz CT molecular complexity index is 536. The van der Waals surface area contributed by atoms with Crippen molar-refractivity contribution >= 4 is 22.0 Å². The Morgan fingerprint density at radius 1 is 1.36 bits per heavy atom. The summed E-state index contributed by atoms with van der Waals surface area (Å²) in [6, 6.07) is 5.06. The van der Waals surface area contributed by atoms with Crippen molar-refractivity contribution in [3.63, 3.8) is 0 Å². The molecule has 1 fully saturated rings. The average Bonchev–Trinajstić information content (AvgIpc) is 2.91. The summed E-state index contributed by atoms with van der Waals surface area (Å²) in [5.41, 5.74) is 0.378. The summed E-state index contributed by atoms with van der Waals surface area (Å²) in [5.74, 6) is -0.298. The molecular formula is C17H23BrFNO2. The molecular weight excluding hydrogens is 349 g/mol. The predicted molar refractivity (Wildman–Crippen MR) is 88.1 cm³/mol. The van der Waals surface area contributed by atoms with Crippen molar-refractivity contribution in [2.75, 3.05) is 0 Å². The van der Waals surface area contributed by atoms with E-state index in [2.05, 4.69) is 15.9 Å². The van der Waals surface area contributed by atoms with Crippen molar-refractivity contribution in [1.82, 2.24) is 4.90 Å². The van der Waals surface area contributed by atoms with Gasteiger partial charge in [-0.2, -0.15) is 0 Å². The number of carbonyl (C=O) groups is 1. The van der Waals surface area contributed by atoms with Gasteiger partial charge < -0.3 is 9.64 Å². The van der Waals surface area contributed by atoms with Crippen LogP contribution in [-0.4, -0.2) is 22.6 Å². The quantitative estimate of drug-likeness (QED) is 0.724. The van der Waals surface area contributed by atoms with Crippen molar-refractivity contribution in [2.24, 2.45) is 0 Å². The molecule has 1 amide bonds. The van der Waals surface area contributed by atoms with E-state index < -0.39 is 5.60 Å². The highest BCUT2D eigenvalue weighted by Gasteiger charge is 2.30. The zero-order chi connectivity index (χ0) is 16.3. The number of nitrogens with zero attached hydrogens (tertiary/aromatic N) is 1. The lowest BCUT2D eigenvalue weighted by Crippen LogP contribution is -2.41. The van der Waals surface area contributed by atoms with Gasteiger partial charge in [-0.05, 0) is 67.2 Å². The summed E-state index contributed by atoms with van der Waals surface area (Å²) in [6.07, 6.45) is 3.98. The monoisotopic (exact) mass is 371 g/mol. The van der Waals surface area contributed by atoms with E-state index in [9.17, 15) is 9.18 Å². The molecule has 0 spiro atoms. The lowest BCUT2D eigenvalue weighted by atomic mass is 10.1. The lowest BCUT2D eigenvalue weighted by molar-refractivity contribution is 0.0145. The number of amides is 1. The minimum absolute atomic E-state index is 0.207. The van der Waals surface area contributed by atoms with E-state index in [-0.39, 0.29) is 18.0 Å². The third kappa shape index (κ3) is 4.70. The van der Waals surface area contributed by atoms with Gasteiger partial charge in [0.1, 0.15) is 11.4 Å². The highest BCUT2D eigenvalue weighted by atomic mass is 79.9. The predicted octanol–water partition coefficient (Wildman–Crippen LogP) is 5.27. The fourth-order valence-corrected chi connectivity index (χ4v) is 3.14. The summed E-state index contributed by atoms with van der Waals surface area (Å²) >= 11 is 3.20. The maximum absolute atomic E-state index is 13.4. The summed E-state index contributed by atoms with van der Waals surface area (Å²) in [4.78, 5) is 14.3. The van der Waals surface area contributed by atoms with Crippen LogP contribution < -0.4 is 0 Å². The second-order valence-corrected chi connectivity index (χ2v) is 7.65. The van der Waals surface area contributed by atoms with E-state index >= 15 is 0 Å². The third-order valence-electron chi connectivity index (χ3n) is 3.73. The zero-order valence-electron chi connectivity index (χ0n) is 13.4. The Hall–Kier alpha value is -1.10. The second-order valence-electron chi connectivity index (χ2n) is 6.79. The van der Waals surface area contributed by atoms with E-state index in [1.54, 1.807) is 17.0 Å². The van der Waals surface area contributed by atoms with Crippen molar-refractivity contribution in [2.45, 2.75) is 64.6 Å². The van der Waals surface area contributed by atoms with Crippen LogP contribution in [0.4, 0.5) is 9.18 Å². The smallest absolute Gasteiger partial charge is 0.410 e. The first-order valence-electron chi connectivity index (χ1n) is 7.70. The van der Waals surface area contributed by atoms with Crippen LogP contribution in [0.25, 0.3) is 0 Å². The van der Waals surface area contributed by atoms with Crippen LogP contribution in [0.2, 0.25) is 0 Å². The summed E-state index contributed by atoms with van der Waals surface area (Å²) in [7, 11) is 0. The Morgan fingerprint density at radius 3 is 2.55 bits per heavy atom. The first kappa shape index (κ1) is 17.3. The molecule has 2 rings (SSSR count). The van der Waals surface area contributed by atoms with Crippen molar-refractivity contribution in [1.29, 1.82) is 0 Å². The Balaban J connectivity index is 2.16. The largest absolute Gasteiger partial charge is 0.444 e. The van der Waals surface area contributed by atoms with Gasteiger partial charge in [0, 0.05) is 12.6 Å². The van der Waals surface area contributed by atoms with E-state index in [4.69, 9.17) is 4.74 Å². The summed E-state index contributed by atoms with van der Waals surface area (Å²) in [5, 5.41) is 0. The number of hydrogen-bond donors (Lipinski definition) is 0.